The molecule has 0 fully saturated rings. The molecule has 2 nitrogen and oxygen atoms in total. The van der Waals surface area contributed by atoms with Crippen molar-refractivity contribution in [1.82, 2.24) is 4.57 Å². The van der Waals surface area contributed by atoms with Gasteiger partial charge in [0.1, 0.15) is 0 Å². The molecule has 1 aromatic heterocycles. The van der Waals surface area contributed by atoms with E-state index in [-0.39, 0.29) is 11.4 Å². The van der Waals surface area contributed by atoms with Gasteiger partial charge in [-0.2, -0.15) is 13.2 Å². The third-order valence-corrected chi connectivity index (χ3v) is 4.16. The number of alkyl halides is 3. The van der Waals surface area contributed by atoms with Gasteiger partial charge in [-0.3, -0.25) is 9.36 Å². The molecule has 108 valence electrons. The van der Waals surface area contributed by atoms with E-state index in [1.807, 2.05) is 24.3 Å². The lowest BCUT2D eigenvalue weighted by Crippen LogP contribution is -2.13. The third-order valence-electron chi connectivity index (χ3n) is 3.20. The average Bonchev–Trinajstić information content (AvgIpc) is 2.75. The molecule has 3 aromatic rings. The van der Waals surface area contributed by atoms with Gasteiger partial charge in [-0.15, -0.1) is 0 Å². The van der Waals surface area contributed by atoms with Crippen molar-refractivity contribution >= 4 is 21.6 Å². The summed E-state index contributed by atoms with van der Waals surface area (Å²) < 4.78 is 40.0. The fourth-order valence-corrected chi connectivity index (χ4v) is 3.04. The summed E-state index contributed by atoms with van der Waals surface area (Å²) in [4.78, 5) is 11.9. The van der Waals surface area contributed by atoms with Crippen LogP contribution in [-0.2, 0) is 12.7 Å². The number of hydrogen-bond donors (Lipinski definition) is 0. The Kier molecular flexibility index (Phi) is 3.33. The summed E-state index contributed by atoms with van der Waals surface area (Å²) in [6.45, 7) is 0.265. The van der Waals surface area contributed by atoms with E-state index in [2.05, 4.69) is 0 Å². The van der Waals surface area contributed by atoms with Gasteiger partial charge in [0, 0.05) is 0 Å². The second-order valence-corrected chi connectivity index (χ2v) is 5.61. The maximum atomic E-state index is 12.5. The molecule has 6 heteroatoms. The normalized spacial score (nSPS) is 12.0. The molecule has 0 aliphatic heterocycles. The van der Waals surface area contributed by atoms with Gasteiger partial charge in [0.25, 0.3) is 0 Å². The molecular formula is C15H10F3NOS. The summed E-state index contributed by atoms with van der Waals surface area (Å²) in [5.41, 5.74) is 0.773. The van der Waals surface area contributed by atoms with Crippen LogP contribution < -0.4 is 4.87 Å². The molecule has 3 rings (SSSR count). The first-order valence-electron chi connectivity index (χ1n) is 6.20. The predicted octanol–water partition coefficient (Wildman–Crippen LogP) is 4.13. The van der Waals surface area contributed by atoms with Crippen LogP contribution in [0.3, 0.4) is 0 Å². The zero-order valence-corrected chi connectivity index (χ0v) is 11.5. The maximum absolute atomic E-state index is 12.5. The van der Waals surface area contributed by atoms with Crippen LogP contribution in [0.5, 0.6) is 0 Å². The Hall–Kier alpha value is -2.08. The van der Waals surface area contributed by atoms with Crippen molar-refractivity contribution < 1.29 is 13.2 Å². The molecule has 0 bridgehead atoms. The van der Waals surface area contributed by atoms with E-state index in [0.717, 1.165) is 33.7 Å². The average molecular weight is 309 g/mol. The molecule has 21 heavy (non-hydrogen) atoms. The maximum Gasteiger partial charge on any atom is 0.416 e. The lowest BCUT2D eigenvalue weighted by molar-refractivity contribution is -0.137. The molecule has 0 amide bonds. The Balaban J connectivity index is 1.96. The van der Waals surface area contributed by atoms with E-state index >= 15 is 0 Å². The van der Waals surface area contributed by atoms with Crippen LogP contribution in [-0.4, -0.2) is 4.57 Å². The molecule has 0 aliphatic carbocycles. The fourth-order valence-electron chi connectivity index (χ4n) is 2.15. The van der Waals surface area contributed by atoms with Gasteiger partial charge >= 0.3 is 11.0 Å². The number of nitrogens with zero attached hydrogens (tertiary/aromatic N) is 1. The van der Waals surface area contributed by atoms with Gasteiger partial charge in [-0.05, 0) is 29.8 Å². The number of halogens is 3. The fraction of sp³-hybridized carbons (Fsp3) is 0.133. The second kappa shape index (κ2) is 5.04. The zero-order chi connectivity index (χ0) is 15.0. The molecule has 0 radical (unpaired) electrons. The molecule has 0 saturated heterocycles. The number of para-hydroxylation sites is 1. The highest BCUT2D eigenvalue weighted by molar-refractivity contribution is 7.16. The highest BCUT2D eigenvalue weighted by atomic mass is 32.1. The Morgan fingerprint density at radius 3 is 2.33 bits per heavy atom. The monoisotopic (exact) mass is 309 g/mol. The molecule has 0 N–H and O–H groups in total. The molecule has 1 heterocycles. The number of hydrogen-bond acceptors (Lipinski definition) is 2. The largest absolute Gasteiger partial charge is 0.416 e. The van der Waals surface area contributed by atoms with Crippen molar-refractivity contribution in [2.75, 3.05) is 0 Å². The molecule has 0 atom stereocenters. The van der Waals surface area contributed by atoms with E-state index in [1.54, 1.807) is 4.57 Å². The van der Waals surface area contributed by atoms with Crippen molar-refractivity contribution in [2.24, 2.45) is 0 Å². The van der Waals surface area contributed by atoms with E-state index in [4.69, 9.17) is 0 Å². The Bertz CT molecular complexity index is 830. The van der Waals surface area contributed by atoms with Crippen molar-refractivity contribution in [3.63, 3.8) is 0 Å². The van der Waals surface area contributed by atoms with Gasteiger partial charge in [-0.25, -0.2) is 0 Å². The van der Waals surface area contributed by atoms with E-state index in [9.17, 15) is 18.0 Å². The van der Waals surface area contributed by atoms with Gasteiger partial charge in [0.2, 0.25) is 0 Å². The Morgan fingerprint density at radius 2 is 1.67 bits per heavy atom. The highest BCUT2D eigenvalue weighted by Crippen LogP contribution is 2.29. The molecule has 2 aromatic carbocycles. The minimum absolute atomic E-state index is 0.115. The van der Waals surface area contributed by atoms with Crippen LogP contribution in [0.25, 0.3) is 10.2 Å². The lowest BCUT2D eigenvalue weighted by Gasteiger charge is -2.08. The first-order valence-corrected chi connectivity index (χ1v) is 7.01. The third kappa shape index (κ3) is 2.71. The minimum Gasteiger partial charge on any atom is -0.294 e. The van der Waals surface area contributed by atoms with Crippen molar-refractivity contribution in [3.8, 4) is 0 Å². The number of aromatic nitrogens is 1. The van der Waals surface area contributed by atoms with Gasteiger partial charge in [0.05, 0.1) is 22.3 Å². The van der Waals surface area contributed by atoms with Gasteiger partial charge in [0.15, 0.2) is 0 Å². The minimum atomic E-state index is -4.34. The number of rotatable bonds is 2. The quantitative estimate of drug-likeness (QED) is 0.697. The molecule has 0 spiro atoms. The van der Waals surface area contributed by atoms with E-state index < -0.39 is 11.7 Å². The molecule has 0 saturated carbocycles. The summed E-state index contributed by atoms with van der Waals surface area (Å²) in [5, 5.41) is 0. The van der Waals surface area contributed by atoms with Crippen LogP contribution in [0.15, 0.2) is 53.3 Å². The van der Waals surface area contributed by atoms with Crippen LogP contribution in [0.1, 0.15) is 11.1 Å². The van der Waals surface area contributed by atoms with Crippen molar-refractivity contribution in [2.45, 2.75) is 12.7 Å². The van der Waals surface area contributed by atoms with Crippen LogP contribution in [0.2, 0.25) is 0 Å². The first kappa shape index (κ1) is 13.9. The number of fused-ring (bicyclic) bond motifs is 1. The smallest absolute Gasteiger partial charge is 0.294 e. The van der Waals surface area contributed by atoms with E-state index in [0.29, 0.717) is 5.56 Å². The summed E-state index contributed by atoms with van der Waals surface area (Å²) in [5.74, 6) is 0. The Labute approximate surface area is 122 Å². The highest BCUT2D eigenvalue weighted by Gasteiger charge is 2.29. The molecule has 0 aliphatic rings. The molecular weight excluding hydrogens is 299 g/mol. The summed E-state index contributed by atoms with van der Waals surface area (Å²) in [6, 6.07) is 12.2. The van der Waals surface area contributed by atoms with Gasteiger partial charge in [-0.1, -0.05) is 35.6 Å². The Morgan fingerprint density at radius 1 is 1.00 bits per heavy atom. The number of thiazole rings is 1. The summed E-state index contributed by atoms with van der Waals surface area (Å²) in [7, 11) is 0. The van der Waals surface area contributed by atoms with E-state index in [1.165, 1.54) is 12.1 Å². The van der Waals surface area contributed by atoms with Crippen molar-refractivity contribution in [1.29, 1.82) is 0 Å². The SMILES string of the molecule is O=c1sc2ccccc2n1Cc1ccc(C(F)(F)F)cc1. The second-order valence-electron chi connectivity index (χ2n) is 4.62. The van der Waals surface area contributed by atoms with Crippen LogP contribution in [0, 0.1) is 0 Å². The van der Waals surface area contributed by atoms with Crippen LogP contribution in [0.4, 0.5) is 13.2 Å². The van der Waals surface area contributed by atoms with Crippen LogP contribution >= 0.6 is 11.3 Å². The zero-order valence-electron chi connectivity index (χ0n) is 10.7. The van der Waals surface area contributed by atoms with Gasteiger partial charge < -0.3 is 0 Å². The summed E-state index contributed by atoms with van der Waals surface area (Å²) in [6.07, 6.45) is -4.34. The number of benzene rings is 2. The van der Waals surface area contributed by atoms with Crippen molar-refractivity contribution in [3.05, 3.63) is 69.3 Å². The lowest BCUT2D eigenvalue weighted by atomic mass is 10.1. The molecule has 0 unspecified atom stereocenters. The standard InChI is InChI=1S/C15H10F3NOS/c16-15(17,18)11-7-5-10(6-8-11)9-19-12-3-1-2-4-13(12)21-14(19)20/h1-8H,9H2. The summed E-state index contributed by atoms with van der Waals surface area (Å²) >= 11 is 1.13. The topological polar surface area (TPSA) is 22.0 Å². The predicted molar refractivity (Wildman–Crippen MR) is 76.6 cm³/mol. The first-order chi connectivity index (χ1) is 9.95.